The maximum Gasteiger partial charge on any atom is 0.326 e. The number of nitrogens with two attached hydrogens (primary N) is 3. The largest absolute Gasteiger partial charge is 0.480 e. The highest BCUT2D eigenvalue weighted by Gasteiger charge is 2.39. The van der Waals surface area contributed by atoms with Gasteiger partial charge in [0.25, 0.3) is 0 Å². The van der Waals surface area contributed by atoms with Crippen LogP contribution in [-0.2, 0) is 84.8 Å². The molecule has 0 aliphatic carbocycles. The highest BCUT2D eigenvalue weighted by Crippen LogP contribution is 2.16. The summed E-state index contributed by atoms with van der Waals surface area (Å²) in [6.45, 7) is 22.2. The van der Waals surface area contributed by atoms with E-state index in [9.17, 15) is 82.1 Å². The van der Waals surface area contributed by atoms with Crippen molar-refractivity contribution in [1.82, 2.24) is 73.8 Å². The van der Waals surface area contributed by atoms with Crippen LogP contribution in [0.15, 0.2) is 42.9 Å². The van der Waals surface area contributed by atoms with Crippen LogP contribution in [0.3, 0.4) is 0 Å². The standard InChI is InChI=1S/C67H109N17O17/c1-15-36(10)53(83-57(90)39(13)74-58(91)43(68)21-23-50(69)86)65(98)80-48(29-42-30-71-31-72-42)63(96)84-54(40(14)85)66(99)79-47(27-34(6)7)62(95)78-46(26-33(4)5)61(94)77-45(25-32(2)3)60(93)76-44(22-24-51(70)87)59(92)82-52(35(8)9)64(97)75-37(11)55(88)73-38(12)56(89)81-49(67(100)101)28-41-19-17-16-18-20-41/h16-20,30-40,43-49,52-54,85H,15,21-29,68H2,1-14H3,(H2,69,86)(H2,70,87)(H,71,72)(H,73,88)(H,74,91)(H,75,97)(H,76,93)(H,77,94)(H,78,95)(H,79,99)(H,80,98)(H,81,89)(H,82,92)(H,83,90)(H,84,96)(H,100,101)/t36-,37-,38-,39-,40+,43-,44-,45-,46-,47-,48-,49-,52-,53-,54-/m0/s1. The van der Waals surface area contributed by atoms with Crippen LogP contribution in [0.5, 0.6) is 0 Å². The van der Waals surface area contributed by atoms with Crippen molar-refractivity contribution in [2.75, 3.05) is 0 Å². The van der Waals surface area contributed by atoms with Crippen LogP contribution in [0, 0.1) is 29.6 Å². The van der Waals surface area contributed by atoms with Gasteiger partial charge in [-0.3, -0.25) is 67.1 Å². The first-order chi connectivity index (χ1) is 47.1. The third-order valence-electron chi connectivity index (χ3n) is 16.2. The van der Waals surface area contributed by atoms with E-state index in [1.54, 1.807) is 99.6 Å². The average Bonchev–Trinajstić information content (AvgIpc) is 1.39. The molecule has 1 aromatic heterocycles. The Morgan fingerprint density at radius 2 is 0.812 bits per heavy atom. The van der Waals surface area contributed by atoms with Crippen molar-refractivity contribution in [2.24, 2.45) is 46.8 Å². The second-order valence-corrected chi connectivity index (χ2v) is 27.2. The first-order valence-corrected chi connectivity index (χ1v) is 34.0. The van der Waals surface area contributed by atoms with Crippen molar-refractivity contribution < 1.29 is 82.1 Å². The summed E-state index contributed by atoms with van der Waals surface area (Å²) in [5.74, 6) is -15.5. The monoisotopic (exact) mass is 1420 g/mol. The number of carboxylic acids is 1. The molecule has 101 heavy (non-hydrogen) atoms. The second kappa shape index (κ2) is 43.1. The number of aliphatic hydroxyl groups is 1. The normalized spacial score (nSPS) is 15.8. The third kappa shape index (κ3) is 31.6. The van der Waals surface area contributed by atoms with E-state index in [1.165, 1.54) is 40.2 Å². The molecule has 0 unspecified atom stereocenters. The Morgan fingerprint density at radius 3 is 1.26 bits per heavy atom. The van der Waals surface area contributed by atoms with Crippen molar-refractivity contribution >= 4 is 88.7 Å². The minimum Gasteiger partial charge on any atom is -0.480 e. The lowest BCUT2D eigenvalue weighted by molar-refractivity contribution is -0.142. The van der Waals surface area contributed by atoms with Gasteiger partial charge < -0.3 is 96.2 Å². The molecule has 0 saturated carbocycles. The van der Waals surface area contributed by atoms with Crippen LogP contribution in [0.2, 0.25) is 0 Å². The van der Waals surface area contributed by atoms with E-state index < -0.39 is 192 Å². The molecule has 0 radical (unpaired) electrons. The number of aromatic amines is 1. The number of primary amides is 2. The van der Waals surface area contributed by atoms with Crippen molar-refractivity contribution in [3.8, 4) is 0 Å². The summed E-state index contributed by atoms with van der Waals surface area (Å²) in [5, 5.41) is 51.5. The SMILES string of the molecule is CC[C@H](C)[C@H](NC(=O)[C@H](C)NC(=O)[C@@H](N)CCC(N)=O)C(=O)N[C@@H](Cc1cnc[nH]1)C(=O)N[C@H](C(=O)N[C@@H](CC(C)C)C(=O)N[C@@H](CC(C)C)C(=O)N[C@@H](CC(C)C)C(=O)N[C@@H](CCC(N)=O)C(=O)N[C@H](C(=O)N[C@@H](C)C(=O)N[C@@H](C)C(=O)N[C@@H](Cc1ccccc1)C(=O)O)C(C)C)[C@@H](C)O. The highest BCUT2D eigenvalue weighted by molar-refractivity contribution is 6.00. The van der Waals surface area contributed by atoms with Gasteiger partial charge in [0.05, 0.1) is 18.5 Å². The molecular formula is C67H109N17O17. The number of nitrogens with one attached hydrogen (secondary N) is 13. The molecule has 15 atom stereocenters. The van der Waals surface area contributed by atoms with Gasteiger partial charge in [0.1, 0.15) is 72.5 Å². The van der Waals surface area contributed by atoms with Gasteiger partial charge in [-0.2, -0.15) is 0 Å². The molecule has 34 heteroatoms. The fourth-order valence-corrected chi connectivity index (χ4v) is 10.2. The summed E-state index contributed by atoms with van der Waals surface area (Å²) in [6, 6.07) is -9.45. The first-order valence-electron chi connectivity index (χ1n) is 34.0. The second-order valence-electron chi connectivity index (χ2n) is 27.2. The Labute approximate surface area is 589 Å². The number of hydrogen-bond donors (Lipinski definition) is 18. The molecule has 0 aliphatic heterocycles. The quantitative estimate of drug-likeness (QED) is 0.0319. The van der Waals surface area contributed by atoms with E-state index in [1.807, 2.05) is 0 Å². The summed E-state index contributed by atoms with van der Waals surface area (Å²) in [6.07, 6.45) is -0.0647. The molecule has 564 valence electrons. The zero-order chi connectivity index (χ0) is 76.7. The number of hydrogen-bond acceptors (Lipinski definition) is 18. The lowest BCUT2D eigenvalue weighted by Crippen LogP contribution is -2.62. The van der Waals surface area contributed by atoms with Crippen LogP contribution in [0.4, 0.5) is 0 Å². The average molecular weight is 1420 g/mol. The number of aromatic nitrogens is 2. The molecule has 0 fully saturated rings. The zero-order valence-corrected chi connectivity index (χ0v) is 60.3. The number of carbonyl (C=O) groups excluding carboxylic acids is 14. The Hall–Kier alpha value is -9.60. The third-order valence-corrected chi connectivity index (χ3v) is 16.2. The predicted molar refractivity (Wildman–Crippen MR) is 369 cm³/mol. The maximum absolute atomic E-state index is 14.5. The van der Waals surface area contributed by atoms with Gasteiger partial charge in [-0.25, -0.2) is 9.78 Å². The number of aliphatic hydroxyl groups excluding tert-OH is 1. The number of H-pyrrole nitrogens is 1. The molecule has 14 amide bonds. The number of rotatable bonds is 45. The molecule has 2 aromatic rings. The summed E-state index contributed by atoms with van der Waals surface area (Å²) in [5.41, 5.74) is 17.5. The number of amides is 14. The van der Waals surface area contributed by atoms with Gasteiger partial charge >= 0.3 is 5.97 Å². The maximum atomic E-state index is 14.5. The molecule has 0 spiro atoms. The molecule has 0 saturated heterocycles. The molecule has 21 N–H and O–H groups in total. The van der Waals surface area contributed by atoms with Gasteiger partial charge in [0.15, 0.2) is 0 Å². The van der Waals surface area contributed by atoms with E-state index in [2.05, 4.69) is 73.8 Å². The van der Waals surface area contributed by atoms with Crippen molar-refractivity contribution in [2.45, 2.75) is 246 Å². The Morgan fingerprint density at radius 1 is 0.436 bits per heavy atom. The highest BCUT2D eigenvalue weighted by atomic mass is 16.4. The van der Waals surface area contributed by atoms with Gasteiger partial charge in [0.2, 0.25) is 82.7 Å². The summed E-state index contributed by atoms with van der Waals surface area (Å²) in [4.78, 5) is 209. The molecule has 0 aliphatic rings. The molecular weight excluding hydrogens is 1310 g/mol. The van der Waals surface area contributed by atoms with Crippen LogP contribution < -0.4 is 81.0 Å². The smallest absolute Gasteiger partial charge is 0.326 e. The molecule has 0 bridgehead atoms. The predicted octanol–water partition coefficient (Wildman–Crippen LogP) is -2.76. The first kappa shape index (κ1) is 87.5. The van der Waals surface area contributed by atoms with E-state index in [-0.39, 0.29) is 69.1 Å². The summed E-state index contributed by atoms with van der Waals surface area (Å²) in [7, 11) is 0. The number of benzene rings is 1. The van der Waals surface area contributed by atoms with E-state index in [0.717, 1.165) is 0 Å². The van der Waals surface area contributed by atoms with Crippen molar-refractivity contribution in [3.05, 3.63) is 54.1 Å². The zero-order valence-electron chi connectivity index (χ0n) is 60.3. The number of nitrogens with zero attached hydrogens (tertiary/aromatic N) is 1. The fourth-order valence-electron chi connectivity index (χ4n) is 10.2. The number of carboxylic acid groups (broad SMARTS) is 1. The van der Waals surface area contributed by atoms with Crippen molar-refractivity contribution in [1.29, 1.82) is 0 Å². The van der Waals surface area contributed by atoms with Crippen molar-refractivity contribution in [3.63, 3.8) is 0 Å². The minimum atomic E-state index is -1.78. The van der Waals surface area contributed by atoms with Gasteiger partial charge in [-0.1, -0.05) is 106 Å². The topological polar surface area (TPSA) is 548 Å². The fraction of sp³-hybridized carbons (Fsp3) is 0.642. The van der Waals surface area contributed by atoms with E-state index >= 15 is 0 Å². The molecule has 34 nitrogen and oxygen atoms in total. The van der Waals surface area contributed by atoms with Crippen LogP contribution >= 0.6 is 0 Å². The van der Waals surface area contributed by atoms with Crippen LogP contribution in [0.1, 0.15) is 160 Å². The van der Waals surface area contributed by atoms with Gasteiger partial charge in [-0.15, -0.1) is 0 Å². The minimum absolute atomic E-state index is 0.0172. The van der Waals surface area contributed by atoms with Gasteiger partial charge in [0, 0.05) is 37.6 Å². The van der Waals surface area contributed by atoms with Crippen LogP contribution in [-0.4, -0.2) is 193 Å². The summed E-state index contributed by atoms with van der Waals surface area (Å²) < 4.78 is 0. The Bertz CT molecular complexity index is 3130. The van der Waals surface area contributed by atoms with Crippen LogP contribution in [0.25, 0.3) is 0 Å². The number of imidazole rings is 1. The number of aliphatic carboxylic acids is 1. The lowest BCUT2D eigenvalue weighted by atomic mass is 9.97. The van der Waals surface area contributed by atoms with E-state index in [0.29, 0.717) is 17.7 Å². The summed E-state index contributed by atoms with van der Waals surface area (Å²) >= 11 is 0. The Kier molecular flexibility index (Phi) is 37.4. The Balaban J connectivity index is 2.37. The lowest BCUT2D eigenvalue weighted by Gasteiger charge is -2.30. The molecule has 1 heterocycles. The molecule has 2 rings (SSSR count). The molecule has 1 aromatic carbocycles. The van der Waals surface area contributed by atoms with E-state index in [4.69, 9.17) is 17.2 Å². The number of carbonyl (C=O) groups is 15. The van der Waals surface area contributed by atoms with Gasteiger partial charge in [-0.05, 0) is 95.0 Å².